The minimum absolute atomic E-state index is 0.0988. The van der Waals surface area contributed by atoms with Gasteiger partial charge in [0.2, 0.25) is 0 Å². The van der Waals surface area contributed by atoms with Crippen molar-refractivity contribution in [2.45, 2.75) is 25.8 Å². The number of hydrogen-bond donors (Lipinski definition) is 1. The maximum absolute atomic E-state index is 13.1. The first kappa shape index (κ1) is 11.8. The van der Waals surface area contributed by atoms with Crippen molar-refractivity contribution in [2.75, 3.05) is 6.54 Å². The summed E-state index contributed by atoms with van der Waals surface area (Å²) in [6.45, 7) is 2.88. The maximum Gasteiger partial charge on any atom is 0.140 e. The van der Waals surface area contributed by atoms with E-state index in [2.05, 4.69) is 5.32 Å². The minimum atomic E-state index is -0.460. The van der Waals surface area contributed by atoms with E-state index >= 15 is 0 Å². The van der Waals surface area contributed by atoms with Gasteiger partial charge >= 0.3 is 0 Å². The Morgan fingerprint density at radius 2 is 2.35 bits per heavy atom. The van der Waals surface area contributed by atoms with Gasteiger partial charge in [-0.15, -0.1) is 0 Å². The molecular formula is C14H15FN2. The molecule has 1 aromatic rings. The quantitative estimate of drug-likeness (QED) is 0.863. The van der Waals surface area contributed by atoms with Crippen molar-refractivity contribution in [3.8, 4) is 6.07 Å². The van der Waals surface area contributed by atoms with E-state index in [0.717, 1.165) is 12.1 Å². The Morgan fingerprint density at radius 1 is 1.59 bits per heavy atom. The van der Waals surface area contributed by atoms with Gasteiger partial charge in [0, 0.05) is 12.6 Å². The predicted molar refractivity (Wildman–Crippen MR) is 65.8 cm³/mol. The Hall–Kier alpha value is -1.66. The van der Waals surface area contributed by atoms with E-state index in [9.17, 15) is 4.39 Å². The number of benzene rings is 1. The zero-order valence-electron chi connectivity index (χ0n) is 9.83. The Kier molecular flexibility index (Phi) is 3.55. The first-order valence-corrected chi connectivity index (χ1v) is 5.79. The summed E-state index contributed by atoms with van der Waals surface area (Å²) in [4.78, 5) is 0. The molecule has 2 rings (SSSR count). The molecule has 0 aliphatic heterocycles. The molecule has 0 amide bonds. The first-order valence-electron chi connectivity index (χ1n) is 5.79. The molecule has 0 saturated heterocycles. The monoisotopic (exact) mass is 230 g/mol. The van der Waals surface area contributed by atoms with E-state index in [1.807, 2.05) is 19.1 Å². The van der Waals surface area contributed by atoms with Crippen LogP contribution < -0.4 is 5.32 Å². The standard InChI is InChI=1S/C14H15FN2/c1-10(9-17-13-3-4-13)6-11-2-5-14(15)12(7-11)8-16/h2,5-7,13,17H,3-4,9H2,1H3/b10-6-. The van der Waals surface area contributed by atoms with Crippen LogP contribution in [0.5, 0.6) is 0 Å². The molecule has 0 unspecified atom stereocenters. The molecule has 0 heterocycles. The average molecular weight is 230 g/mol. The number of rotatable bonds is 4. The van der Waals surface area contributed by atoms with Gasteiger partial charge in [-0.25, -0.2) is 4.39 Å². The number of hydrogen-bond acceptors (Lipinski definition) is 2. The maximum atomic E-state index is 13.1. The number of nitriles is 1. The molecule has 1 saturated carbocycles. The molecule has 0 radical (unpaired) electrons. The molecule has 0 atom stereocenters. The van der Waals surface area contributed by atoms with Crippen LogP contribution in [-0.4, -0.2) is 12.6 Å². The topological polar surface area (TPSA) is 35.8 Å². The van der Waals surface area contributed by atoms with Crippen molar-refractivity contribution in [1.82, 2.24) is 5.32 Å². The molecular weight excluding hydrogens is 215 g/mol. The molecule has 3 heteroatoms. The van der Waals surface area contributed by atoms with E-state index < -0.39 is 5.82 Å². The molecule has 0 spiro atoms. The van der Waals surface area contributed by atoms with Crippen LogP contribution in [0, 0.1) is 17.1 Å². The van der Waals surface area contributed by atoms with Crippen molar-refractivity contribution < 1.29 is 4.39 Å². The van der Waals surface area contributed by atoms with E-state index in [0.29, 0.717) is 6.04 Å². The summed E-state index contributed by atoms with van der Waals surface area (Å²) >= 11 is 0. The third-order valence-electron chi connectivity index (χ3n) is 2.77. The molecule has 1 aliphatic rings. The highest BCUT2D eigenvalue weighted by Crippen LogP contribution is 2.19. The van der Waals surface area contributed by atoms with Crippen molar-refractivity contribution in [3.63, 3.8) is 0 Å². The van der Waals surface area contributed by atoms with Crippen molar-refractivity contribution in [1.29, 1.82) is 5.26 Å². The van der Waals surface area contributed by atoms with Gasteiger partial charge in [0.05, 0.1) is 5.56 Å². The van der Waals surface area contributed by atoms with Crippen LogP contribution in [0.4, 0.5) is 4.39 Å². The largest absolute Gasteiger partial charge is 0.310 e. The summed E-state index contributed by atoms with van der Waals surface area (Å²) < 4.78 is 13.1. The summed E-state index contributed by atoms with van der Waals surface area (Å²) in [5, 5.41) is 12.1. The van der Waals surface area contributed by atoms with E-state index in [4.69, 9.17) is 5.26 Å². The van der Waals surface area contributed by atoms with Crippen LogP contribution >= 0.6 is 0 Å². The predicted octanol–water partition coefficient (Wildman–Crippen LogP) is 2.85. The lowest BCUT2D eigenvalue weighted by molar-refractivity contribution is 0.624. The normalized spacial score (nSPS) is 15.7. The van der Waals surface area contributed by atoms with Crippen LogP contribution in [0.3, 0.4) is 0 Å². The van der Waals surface area contributed by atoms with E-state index in [1.165, 1.54) is 24.5 Å². The second kappa shape index (κ2) is 5.11. The fourth-order valence-corrected chi connectivity index (χ4v) is 1.65. The van der Waals surface area contributed by atoms with Crippen LogP contribution in [0.25, 0.3) is 6.08 Å². The van der Waals surface area contributed by atoms with Gasteiger partial charge in [-0.2, -0.15) is 5.26 Å². The third-order valence-corrected chi connectivity index (χ3v) is 2.77. The van der Waals surface area contributed by atoms with Gasteiger partial charge in [0.1, 0.15) is 11.9 Å². The summed E-state index contributed by atoms with van der Waals surface area (Å²) in [6.07, 6.45) is 4.51. The molecule has 1 fully saturated rings. The highest BCUT2D eigenvalue weighted by atomic mass is 19.1. The van der Waals surface area contributed by atoms with Crippen LogP contribution in [0.1, 0.15) is 30.9 Å². The lowest BCUT2D eigenvalue weighted by Gasteiger charge is -2.03. The molecule has 88 valence electrons. The van der Waals surface area contributed by atoms with E-state index in [1.54, 1.807) is 12.1 Å². The van der Waals surface area contributed by atoms with Crippen molar-refractivity contribution in [3.05, 3.63) is 40.7 Å². The average Bonchev–Trinajstić information content (AvgIpc) is 3.13. The Labute approximate surface area is 101 Å². The zero-order valence-corrected chi connectivity index (χ0v) is 9.83. The van der Waals surface area contributed by atoms with Gasteiger partial charge in [0.15, 0.2) is 0 Å². The van der Waals surface area contributed by atoms with Crippen molar-refractivity contribution >= 4 is 6.08 Å². The van der Waals surface area contributed by atoms with Gasteiger partial charge in [-0.3, -0.25) is 0 Å². The minimum Gasteiger partial charge on any atom is -0.310 e. The highest BCUT2D eigenvalue weighted by Gasteiger charge is 2.19. The molecule has 1 aliphatic carbocycles. The van der Waals surface area contributed by atoms with Gasteiger partial charge < -0.3 is 5.32 Å². The molecule has 1 N–H and O–H groups in total. The molecule has 1 aromatic carbocycles. The number of nitrogens with one attached hydrogen (secondary N) is 1. The summed E-state index contributed by atoms with van der Waals surface area (Å²) in [5.41, 5.74) is 2.16. The highest BCUT2D eigenvalue weighted by molar-refractivity contribution is 5.55. The second-order valence-electron chi connectivity index (χ2n) is 4.50. The Morgan fingerprint density at radius 3 is 3.00 bits per heavy atom. The smallest absolute Gasteiger partial charge is 0.140 e. The molecule has 2 nitrogen and oxygen atoms in total. The van der Waals surface area contributed by atoms with E-state index in [-0.39, 0.29) is 5.56 Å². The fourth-order valence-electron chi connectivity index (χ4n) is 1.65. The fraction of sp³-hybridized carbons (Fsp3) is 0.357. The molecule has 0 aromatic heterocycles. The lowest BCUT2D eigenvalue weighted by Crippen LogP contribution is -2.18. The second-order valence-corrected chi connectivity index (χ2v) is 4.50. The summed E-state index contributed by atoms with van der Waals surface area (Å²) in [6, 6.07) is 7.14. The lowest BCUT2D eigenvalue weighted by atomic mass is 10.1. The van der Waals surface area contributed by atoms with Crippen LogP contribution in [0.2, 0.25) is 0 Å². The van der Waals surface area contributed by atoms with Crippen molar-refractivity contribution in [2.24, 2.45) is 0 Å². The summed E-state index contributed by atoms with van der Waals surface area (Å²) in [5.74, 6) is -0.460. The number of nitrogens with zero attached hydrogens (tertiary/aromatic N) is 1. The molecule has 0 bridgehead atoms. The van der Waals surface area contributed by atoms with Gasteiger partial charge in [0.25, 0.3) is 0 Å². The SMILES string of the molecule is C/C(=C/c1ccc(F)c(C#N)c1)CNC1CC1. The Bertz CT molecular complexity index is 481. The van der Waals surface area contributed by atoms with Crippen LogP contribution in [-0.2, 0) is 0 Å². The zero-order chi connectivity index (χ0) is 12.3. The van der Waals surface area contributed by atoms with Gasteiger partial charge in [-0.05, 0) is 37.5 Å². The first-order chi connectivity index (χ1) is 8.19. The van der Waals surface area contributed by atoms with Crippen LogP contribution in [0.15, 0.2) is 23.8 Å². The number of halogens is 1. The van der Waals surface area contributed by atoms with Gasteiger partial charge in [-0.1, -0.05) is 17.7 Å². The summed E-state index contributed by atoms with van der Waals surface area (Å²) in [7, 11) is 0. The molecule has 17 heavy (non-hydrogen) atoms. The third kappa shape index (κ3) is 3.40. The Balaban J connectivity index is 2.05.